The zero-order valence-electron chi connectivity index (χ0n) is 12.3. The fourth-order valence-electron chi connectivity index (χ4n) is 2.06. The molecule has 6 heteroatoms. The van der Waals surface area contributed by atoms with Gasteiger partial charge in [0.05, 0.1) is 26.2 Å². The molecule has 0 unspecified atom stereocenters. The van der Waals surface area contributed by atoms with Crippen LogP contribution < -0.4 is 5.32 Å². The molecule has 6 nitrogen and oxygen atoms in total. The zero-order chi connectivity index (χ0) is 15.7. The lowest BCUT2D eigenvalue weighted by Crippen LogP contribution is -2.57. The number of allylic oxidation sites excluding steroid dienone is 1. The first kappa shape index (κ1) is 16.9. The van der Waals surface area contributed by atoms with Crippen molar-refractivity contribution in [2.45, 2.75) is 31.7 Å². The summed E-state index contributed by atoms with van der Waals surface area (Å²) >= 11 is 0. The summed E-state index contributed by atoms with van der Waals surface area (Å²) in [6.07, 6.45) is 9.46. The van der Waals surface area contributed by atoms with Crippen molar-refractivity contribution >= 4 is 17.8 Å². The standard InChI is InChI=1S/C15H21NO5/c1-20-13(17)8-6-4-3-5-7-11-12(16-15(11)19)9-10-14(18)21-2/h6,8-12H,3-5,7H2,1-2H3,(H,16,19)/b8-6+,10-9+/t11-,12+/m0/s1. The van der Waals surface area contributed by atoms with Gasteiger partial charge in [0.15, 0.2) is 0 Å². The number of ether oxygens (including phenoxy) is 2. The molecule has 1 heterocycles. The monoisotopic (exact) mass is 295 g/mol. The molecule has 0 aromatic heterocycles. The van der Waals surface area contributed by atoms with Gasteiger partial charge in [-0.3, -0.25) is 4.79 Å². The Balaban J connectivity index is 2.23. The van der Waals surface area contributed by atoms with Crippen LogP contribution in [0.4, 0.5) is 0 Å². The second-order valence-corrected chi connectivity index (χ2v) is 4.73. The molecule has 0 radical (unpaired) electrons. The third-order valence-electron chi connectivity index (χ3n) is 3.31. The van der Waals surface area contributed by atoms with E-state index in [4.69, 9.17) is 0 Å². The number of nitrogens with one attached hydrogen (secondary N) is 1. The van der Waals surface area contributed by atoms with Gasteiger partial charge < -0.3 is 14.8 Å². The van der Waals surface area contributed by atoms with Crippen molar-refractivity contribution < 1.29 is 23.9 Å². The Kier molecular flexibility index (Phi) is 7.21. The van der Waals surface area contributed by atoms with Crippen LogP contribution in [0.5, 0.6) is 0 Å². The van der Waals surface area contributed by atoms with Crippen molar-refractivity contribution in [2.24, 2.45) is 5.92 Å². The molecule has 1 aliphatic rings. The summed E-state index contributed by atoms with van der Waals surface area (Å²) in [5.74, 6) is -0.862. The van der Waals surface area contributed by atoms with Crippen molar-refractivity contribution in [1.29, 1.82) is 0 Å². The Hall–Kier alpha value is -2.11. The predicted octanol–water partition coefficient (Wildman–Crippen LogP) is 1.12. The van der Waals surface area contributed by atoms with E-state index in [1.165, 1.54) is 26.4 Å². The van der Waals surface area contributed by atoms with Crippen LogP contribution in [-0.2, 0) is 23.9 Å². The molecule has 1 fully saturated rings. The van der Waals surface area contributed by atoms with E-state index in [0.29, 0.717) is 0 Å². The van der Waals surface area contributed by atoms with Crippen LogP contribution in [0.3, 0.4) is 0 Å². The summed E-state index contributed by atoms with van der Waals surface area (Å²) < 4.78 is 8.98. The SMILES string of the molecule is COC(=O)/C=C/CCCC[C@@H]1C(=O)N[C@@H]1/C=C/C(=O)OC. The van der Waals surface area contributed by atoms with Gasteiger partial charge >= 0.3 is 11.9 Å². The summed E-state index contributed by atoms with van der Waals surface area (Å²) in [4.78, 5) is 33.3. The molecule has 1 N–H and O–H groups in total. The van der Waals surface area contributed by atoms with Crippen LogP contribution in [0.15, 0.2) is 24.3 Å². The maximum Gasteiger partial charge on any atom is 0.330 e. The molecule has 0 aliphatic carbocycles. The Morgan fingerprint density at radius 1 is 1.14 bits per heavy atom. The number of rotatable bonds is 8. The molecular weight excluding hydrogens is 274 g/mol. The third kappa shape index (κ3) is 5.81. The summed E-state index contributed by atoms with van der Waals surface area (Å²) in [6, 6.07) is -0.0952. The van der Waals surface area contributed by atoms with Crippen LogP contribution in [0.25, 0.3) is 0 Å². The minimum atomic E-state index is -0.428. The largest absolute Gasteiger partial charge is 0.466 e. The number of hydrogen-bond acceptors (Lipinski definition) is 5. The van der Waals surface area contributed by atoms with Crippen LogP contribution >= 0.6 is 0 Å². The maximum atomic E-state index is 11.5. The van der Waals surface area contributed by atoms with Crippen molar-refractivity contribution in [3.05, 3.63) is 24.3 Å². The predicted molar refractivity (Wildman–Crippen MR) is 76.2 cm³/mol. The molecule has 0 aromatic rings. The second-order valence-electron chi connectivity index (χ2n) is 4.73. The van der Waals surface area contributed by atoms with Gasteiger partial charge in [-0.05, 0) is 19.3 Å². The lowest BCUT2D eigenvalue weighted by Gasteiger charge is -2.34. The third-order valence-corrected chi connectivity index (χ3v) is 3.31. The molecular formula is C15H21NO5. The first-order chi connectivity index (χ1) is 10.1. The fourth-order valence-corrected chi connectivity index (χ4v) is 2.06. The van der Waals surface area contributed by atoms with Gasteiger partial charge in [-0.2, -0.15) is 0 Å². The zero-order valence-corrected chi connectivity index (χ0v) is 12.3. The lowest BCUT2D eigenvalue weighted by atomic mass is 9.85. The van der Waals surface area contributed by atoms with Gasteiger partial charge in [-0.25, -0.2) is 9.59 Å². The van der Waals surface area contributed by atoms with Crippen molar-refractivity contribution in [1.82, 2.24) is 5.32 Å². The van der Waals surface area contributed by atoms with E-state index in [1.807, 2.05) is 0 Å². The van der Waals surface area contributed by atoms with E-state index in [9.17, 15) is 14.4 Å². The topological polar surface area (TPSA) is 81.7 Å². The highest BCUT2D eigenvalue weighted by molar-refractivity contribution is 5.88. The van der Waals surface area contributed by atoms with Crippen LogP contribution in [0.1, 0.15) is 25.7 Å². The van der Waals surface area contributed by atoms with E-state index >= 15 is 0 Å². The normalized spacial score (nSPS) is 21.1. The molecule has 1 rings (SSSR count). The summed E-state index contributed by atoms with van der Waals surface area (Å²) in [5, 5.41) is 2.74. The molecule has 1 amide bonds. The Labute approximate surface area is 124 Å². The number of unbranched alkanes of at least 4 members (excludes halogenated alkanes) is 2. The summed E-state index contributed by atoms with van der Waals surface area (Å²) in [5.41, 5.74) is 0. The second kappa shape index (κ2) is 8.94. The molecule has 1 aliphatic heterocycles. The maximum absolute atomic E-state index is 11.5. The highest BCUT2D eigenvalue weighted by Gasteiger charge is 2.36. The molecule has 0 spiro atoms. The number of carbonyl (C=O) groups is 3. The highest BCUT2D eigenvalue weighted by Crippen LogP contribution is 2.23. The minimum absolute atomic E-state index is 0.0135. The highest BCUT2D eigenvalue weighted by atomic mass is 16.5. The summed E-state index contributed by atoms with van der Waals surface area (Å²) in [6.45, 7) is 0. The molecule has 1 saturated heterocycles. The number of esters is 2. The number of methoxy groups -OCH3 is 2. The van der Waals surface area contributed by atoms with E-state index in [2.05, 4.69) is 14.8 Å². The number of carbonyl (C=O) groups excluding carboxylic acids is 3. The lowest BCUT2D eigenvalue weighted by molar-refractivity contribution is -0.136. The fraction of sp³-hybridized carbons (Fsp3) is 0.533. The van der Waals surface area contributed by atoms with Gasteiger partial charge in [0.25, 0.3) is 0 Å². The Morgan fingerprint density at radius 3 is 2.43 bits per heavy atom. The van der Waals surface area contributed by atoms with Gasteiger partial charge in [0.1, 0.15) is 0 Å². The smallest absolute Gasteiger partial charge is 0.330 e. The van der Waals surface area contributed by atoms with Crippen LogP contribution in [0.2, 0.25) is 0 Å². The Morgan fingerprint density at radius 2 is 1.81 bits per heavy atom. The minimum Gasteiger partial charge on any atom is -0.466 e. The van der Waals surface area contributed by atoms with Crippen molar-refractivity contribution in [2.75, 3.05) is 14.2 Å². The average Bonchev–Trinajstić information content (AvgIpc) is 2.49. The quantitative estimate of drug-likeness (QED) is 0.314. The van der Waals surface area contributed by atoms with Crippen molar-refractivity contribution in [3.8, 4) is 0 Å². The molecule has 0 saturated carbocycles. The number of amides is 1. The first-order valence-electron chi connectivity index (χ1n) is 6.89. The van der Waals surface area contributed by atoms with Gasteiger partial charge in [-0.1, -0.05) is 18.6 Å². The number of hydrogen-bond donors (Lipinski definition) is 1. The van der Waals surface area contributed by atoms with Crippen molar-refractivity contribution in [3.63, 3.8) is 0 Å². The van der Waals surface area contributed by atoms with Gasteiger partial charge in [0.2, 0.25) is 5.91 Å². The van der Waals surface area contributed by atoms with Gasteiger partial charge in [-0.15, -0.1) is 0 Å². The molecule has 0 aromatic carbocycles. The average molecular weight is 295 g/mol. The van der Waals surface area contributed by atoms with Crippen LogP contribution in [0, 0.1) is 5.92 Å². The molecule has 116 valence electrons. The van der Waals surface area contributed by atoms with Crippen LogP contribution in [-0.4, -0.2) is 38.1 Å². The van der Waals surface area contributed by atoms with E-state index < -0.39 is 5.97 Å². The molecule has 0 bridgehead atoms. The summed E-state index contributed by atoms with van der Waals surface area (Å²) in [7, 11) is 2.65. The van der Waals surface area contributed by atoms with Gasteiger partial charge in [0, 0.05) is 12.2 Å². The van der Waals surface area contributed by atoms with E-state index in [-0.39, 0.29) is 23.8 Å². The Bertz CT molecular complexity index is 441. The van der Waals surface area contributed by atoms with E-state index in [1.54, 1.807) is 12.2 Å². The molecule has 21 heavy (non-hydrogen) atoms. The number of β-lactam (4-membered cyclic amide) rings is 1. The van der Waals surface area contributed by atoms with E-state index in [0.717, 1.165) is 25.7 Å². The molecule has 2 atom stereocenters. The first-order valence-corrected chi connectivity index (χ1v) is 6.89.